The van der Waals surface area contributed by atoms with E-state index < -0.39 is 11.9 Å². The predicted octanol–water partition coefficient (Wildman–Crippen LogP) is 1.55. The fourth-order valence-corrected chi connectivity index (χ4v) is 2.24. The number of nitrogens with two attached hydrogens (primary N) is 1. The maximum absolute atomic E-state index is 11.9. The highest BCUT2D eigenvalue weighted by Gasteiger charge is 2.19. The molecule has 1 aromatic carbocycles. The third kappa shape index (κ3) is 5.95. The van der Waals surface area contributed by atoms with Crippen LogP contribution in [0.5, 0.6) is 0 Å². The number of benzene rings is 1. The monoisotopic (exact) mass is 292 g/mol. The van der Waals surface area contributed by atoms with Gasteiger partial charge in [-0.15, -0.1) is 0 Å². The van der Waals surface area contributed by atoms with E-state index in [4.69, 9.17) is 10.8 Å². The normalized spacial score (nSPS) is 12.2. The Labute approximate surface area is 125 Å². The minimum Gasteiger partial charge on any atom is -0.481 e. The summed E-state index contributed by atoms with van der Waals surface area (Å²) < 4.78 is 0. The summed E-state index contributed by atoms with van der Waals surface area (Å²) in [5.74, 6) is -1.31. The van der Waals surface area contributed by atoms with Gasteiger partial charge < -0.3 is 16.2 Å². The number of carbonyl (C=O) groups is 2. The SMILES string of the molecule is CC(C)CC(CNC(=O)Cc1ccccc1CN)C(=O)O. The van der Waals surface area contributed by atoms with Gasteiger partial charge in [-0.2, -0.15) is 0 Å². The van der Waals surface area contributed by atoms with Crippen LogP contribution in [0.2, 0.25) is 0 Å². The van der Waals surface area contributed by atoms with Gasteiger partial charge in [0.1, 0.15) is 0 Å². The molecule has 1 amide bonds. The number of hydrogen-bond acceptors (Lipinski definition) is 3. The van der Waals surface area contributed by atoms with Crippen molar-refractivity contribution in [2.45, 2.75) is 33.2 Å². The van der Waals surface area contributed by atoms with Crippen LogP contribution < -0.4 is 11.1 Å². The largest absolute Gasteiger partial charge is 0.481 e. The molecule has 1 atom stereocenters. The van der Waals surface area contributed by atoms with Gasteiger partial charge in [-0.1, -0.05) is 38.1 Å². The van der Waals surface area contributed by atoms with Crippen molar-refractivity contribution in [2.75, 3.05) is 6.54 Å². The second-order valence-corrected chi connectivity index (χ2v) is 5.62. The molecule has 1 aromatic rings. The molecule has 4 N–H and O–H groups in total. The van der Waals surface area contributed by atoms with Gasteiger partial charge in [0.2, 0.25) is 5.91 Å². The number of aliphatic carboxylic acids is 1. The van der Waals surface area contributed by atoms with Crippen molar-refractivity contribution in [3.63, 3.8) is 0 Å². The Balaban J connectivity index is 2.55. The molecule has 5 nitrogen and oxygen atoms in total. The predicted molar refractivity (Wildman–Crippen MR) is 81.6 cm³/mol. The molecule has 0 aliphatic rings. The van der Waals surface area contributed by atoms with Crippen molar-refractivity contribution < 1.29 is 14.7 Å². The Morgan fingerprint density at radius 3 is 2.38 bits per heavy atom. The molecule has 0 heterocycles. The van der Waals surface area contributed by atoms with Gasteiger partial charge >= 0.3 is 5.97 Å². The molecule has 0 saturated carbocycles. The number of nitrogens with one attached hydrogen (secondary N) is 1. The summed E-state index contributed by atoms with van der Waals surface area (Å²) in [4.78, 5) is 23.1. The lowest BCUT2D eigenvalue weighted by Gasteiger charge is -2.15. The lowest BCUT2D eigenvalue weighted by molar-refractivity contribution is -0.142. The maximum Gasteiger partial charge on any atom is 0.308 e. The molecular weight excluding hydrogens is 268 g/mol. The second kappa shape index (κ2) is 8.42. The highest BCUT2D eigenvalue weighted by molar-refractivity contribution is 5.79. The Kier molecular flexibility index (Phi) is 6.88. The quantitative estimate of drug-likeness (QED) is 0.678. The molecule has 0 saturated heterocycles. The van der Waals surface area contributed by atoms with Gasteiger partial charge in [0.25, 0.3) is 0 Å². The number of carbonyl (C=O) groups excluding carboxylic acids is 1. The van der Waals surface area contributed by atoms with E-state index in [9.17, 15) is 9.59 Å². The molecule has 5 heteroatoms. The van der Waals surface area contributed by atoms with Gasteiger partial charge in [0.05, 0.1) is 12.3 Å². The first-order valence-corrected chi connectivity index (χ1v) is 7.20. The summed E-state index contributed by atoms with van der Waals surface area (Å²) in [7, 11) is 0. The maximum atomic E-state index is 11.9. The average molecular weight is 292 g/mol. The van der Waals surface area contributed by atoms with Crippen LogP contribution in [0.15, 0.2) is 24.3 Å². The third-order valence-corrected chi connectivity index (χ3v) is 3.34. The van der Waals surface area contributed by atoms with E-state index in [1.807, 2.05) is 38.1 Å². The molecular formula is C16H24N2O3. The highest BCUT2D eigenvalue weighted by Crippen LogP contribution is 2.12. The standard InChI is InChI=1S/C16H24N2O3/c1-11(2)7-14(16(20)21)10-18-15(19)8-12-5-3-4-6-13(12)9-17/h3-6,11,14H,7-10,17H2,1-2H3,(H,18,19)(H,20,21). The van der Waals surface area contributed by atoms with E-state index >= 15 is 0 Å². The molecule has 0 spiro atoms. The molecule has 0 aromatic heterocycles. The number of rotatable bonds is 8. The van der Waals surface area contributed by atoms with Crippen molar-refractivity contribution in [3.8, 4) is 0 Å². The van der Waals surface area contributed by atoms with Gasteiger partial charge in [0, 0.05) is 13.1 Å². The third-order valence-electron chi connectivity index (χ3n) is 3.34. The van der Waals surface area contributed by atoms with Crippen LogP contribution in [0.25, 0.3) is 0 Å². The number of carboxylic acids is 1. The van der Waals surface area contributed by atoms with E-state index in [0.29, 0.717) is 13.0 Å². The Bertz CT molecular complexity index is 486. The Morgan fingerprint density at radius 2 is 1.86 bits per heavy atom. The number of hydrogen-bond donors (Lipinski definition) is 3. The van der Waals surface area contributed by atoms with E-state index in [0.717, 1.165) is 11.1 Å². The highest BCUT2D eigenvalue weighted by atomic mass is 16.4. The summed E-state index contributed by atoms with van der Waals surface area (Å²) in [5, 5.41) is 11.8. The van der Waals surface area contributed by atoms with Crippen LogP contribution in [0.1, 0.15) is 31.4 Å². The van der Waals surface area contributed by atoms with Crippen LogP contribution >= 0.6 is 0 Å². The van der Waals surface area contributed by atoms with Gasteiger partial charge in [-0.25, -0.2) is 0 Å². The van der Waals surface area contributed by atoms with Crippen molar-refractivity contribution in [3.05, 3.63) is 35.4 Å². The molecule has 0 bridgehead atoms. The van der Waals surface area contributed by atoms with Crippen LogP contribution in [-0.4, -0.2) is 23.5 Å². The van der Waals surface area contributed by atoms with Crippen molar-refractivity contribution >= 4 is 11.9 Å². The van der Waals surface area contributed by atoms with Crippen LogP contribution in [0, 0.1) is 11.8 Å². The van der Waals surface area contributed by atoms with E-state index in [2.05, 4.69) is 5.32 Å². The van der Waals surface area contributed by atoms with Crippen molar-refractivity contribution in [1.82, 2.24) is 5.32 Å². The fourth-order valence-electron chi connectivity index (χ4n) is 2.24. The molecule has 1 rings (SSSR count). The van der Waals surface area contributed by atoms with Crippen molar-refractivity contribution in [1.29, 1.82) is 0 Å². The first kappa shape index (κ1) is 17.2. The number of carboxylic acid groups (broad SMARTS) is 1. The van der Waals surface area contributed by atoms with Gasteiger partial charge in [0.15, 0.2) is 0 Å². The van der Waals surface area contributed by atoms with Gasteiger partial charge in [-0.05, 0) is 23.5 Å². The van der Waals surface area contributed by atoms with E-state index in [-0.39, 0.29) is 24.8 Å². The summed E-state index contributed by atoms with van der Waals surface area (Å²) in [5.41, 5.74) is 7.45. The molecule has 1 unspecified atom stereocenters. The lowest BCUT2D eigenvalue weighted by Crippen LogP contribution is -2.34. The molecule has 21 heavy (non-hydrogen) atoms. The molecule has 116 valence electrons. The summed E-state index contributed by atoms with van der Waals surface area (Å²) >= 11 is 0. The molecule has 0 fully saturated rings. The zero-order valence-corrected chi connectivity index (χ0v) is 12.6. The van der Waals surface area contributed by atoms with Crippen LogP contribution in [0.3, 0.4) is 0 Å². The molecule has 0 radical (unpaired) electrons. The van der Waals surface area contributed by atoms with Crippen LogP contribution in [-0.2, 0) is 22.6 Å². The molecule has 0 aliphatic heterocycles. The number of amides is 1. The summed E-state index contributed by atoms with van der Waals surface area (Å²) in [6.07, 6.45) is 0.774. The fraction of sp³-hybridized carbons (Fsp3) is 0.500. The topological polar surface area (TPSA) is 92.4 Å². The summed E-state index contributed by atoms with van der Waals surface area (Å²) in [6, 6.07) is 7.50. The smallest absolute Gasteiger partial charge is 0.308 e. The molecule has 0 aliphatic carbocycles. The van der Waals surface area contributed by atoms with E-state index in [1.165, 1.54) is 0 Å². The Morgan fingerprint density at radius 1 is 1.24 bits per heavy atom. The average Bonchev–Trinajstić information content (AvgIpc) is 2.43. The van der Waals surface area contributed by atoms with Crippen molar-refractivity contribution in [2.24, 2.45) is 17.6 Å². The zero-order chi connectivity index (χ0) is 15.8. The van der Waals surface area contributed by atoms with E-state index in [1.54, 1.807) is 0 Å². The second-order valence-electron chi connectivity index (χ2n) is 5.62. The minimum absolute atomic E-state index is 0.164. The van der Waals surface area contributed by atoms with Gasteiger partial charge in [-0.3, -0.25) is 9.59 Å². The van der Waals surface area contributed by atoms with Crippen LogP contribution in [0.4, 0.5) is 0 Å². The lowest BCUT2D eigenvalue weighted by atomic mass is 9.97. The first-order valence-electron chi connectivity index (χ1n) is 7.20. The summed E-state index contributed by atoms with van der Waals surface area (Å²) in [6.45, 7) is 4.48. The zero-order valence-electron chi connectivity index (χ0n) is 12.6. The Hall–Kier alpha value is -1.88. The first-order chi connectivity index (χ1) is 9.93. The minimum atomic E-state index is -0.869.